The lowest BCUT2D eigenvalue weighted by atomic mass is 10.2. The Morgan fingerprint density at radius 3 is 2.50 bits per heavy atom. The predicted molar refractivity (Wildman–Crippen MR) is 95.3 cm³/mol. The molecule has 1 unspecified atom stereocenters. The van der Waals surface area contributed by atoms with Crippen LogP contribution in [0.25, 0.3) is 0 Å². The van der Waals surface area contributed by atoms with Crippen LogP contribution in [0.15, 0.2) is 42.5 Å². The topological polar surface area (TPSA) is 102 Å². The van der Waals surface area contributed by atoms with Gasteiger partial charge < -0.3 is 10.1 Å². The fraction of sp³-hybridized carbons (Fsp3) is 0.222. The molecular formula is C18H17N3O5. The van der Waals surface area contributed by atoms with Crippen LogP contribution in [0.2, 0.25) is 0 Å². The van der Waals surface area contributed by atoms with Crippen LogP contribution >= 0.6 is 0 Å². The van der Waals surface area contributed by atoms with Crippen molar-refractivity contribution in [2.75, 3.05) is 17.3 Å². The van der Waals surface area contributed by atoms with Crippen LogP contribution in [0, 0.1) is 17.0 Å². The summed E-state index contributed by atoms with van der Waals surface area (Å²) in [5.41, 5.74) is 1.05. The first-order valence-electron chi connectivity index (χ1n) is 7.93. The monoisotopic (exact) mass is 355 g/mol. The minimum Gasteiger partial charge on any atom is -0.497 e. The second-order valence-corrected chi connectivity index (χ2v) is 5.95. The van der Waals surface area contributed by atoms with Crippen LogP contribution in [-0.2, 0) is 9.59 Å². The van der Waals surface area contributed by atoms with Gasteiger partial charge in [-0.25, -0.2) is 4.90 Å². The highest BCUT2D eigenvalue weighted by Crippen LogP contribution is 2.33. The van der Waals surface area contributed by atoms with E-state index in [1.807, 2.05) is 0 Å². The summed E-state index contributed by atoms with van der Waals surface area (Å²) in [6.07, 6.45) is -0.0735. The molecule has 1 aliphatic rings. The van der Waals surface area contributed by atoms with Gasteiger partial charge in [-0.2, -0.15) is 0 Å². The van der Waals surface area contributed by atoms with E-state index in [1.54, 1.807) is 44.4 Å². The molecule has 1 fully saturated rings. The molecule has 0 aromatic heterocycles. The fourth-order valence-electron chi connectivity index (χ4n) is 2.86. The maximum absolute atomic E-state index is 12.7. The lowest BCUT2D eigenvalue weighted by Gasteiger charge is -2.16. The molecule has 0 saturated carbocycles. The lowest BCUT2D eigenvalue weighted by molar-refractivity contribution is -0.384. The van der Waals surface area contributed by atoms with Crippen LogP contribution in [0.1, 0.15) is 12.0 Å². The van der Waals surface area contributed by atoms with Gasteiger partial charge in [-0.05, 0) is 42.8 Å². The van der Waals surface area contributed by atoms with Crippen LogP contribution in [-0.4, -0.2) is 29.9 Å². The Kier molecular flexibility index (Phi) is 4.57. The van der Waals surface area contributed by atoms with Crippen molar-refractivity contribution in [3.63, 3.8) is 0 Å². The average molecular weight is 355 g/mol. The number of rotatable bonds is 5. The number of methoxy groups -OCH3 is 1. The van der Waals surface area contributed by atoms with E-state index in [2.05, 4.69) is 5.32 Å². The maximum atomic E-state index is 12.7. The smallest absolute Gasteiger partial charge is 0.293 e. The maximum Gasteiger partial charge on any atom is 0.293 e. The van der Waals surface area contributed by atoms with Crippen LogP contribution in [0.3, 0.4) is 0 Å². The van der Waals surface area contributed by atoms with Crippen molar-refractivity contribution < 1.29 is 19.2 Å². The van der Waals surface area contributed by atoms with E-state index in [0.717, 1.165) is 4.90 Å². The SMILES string of the molecule is COc1ccc(NC2CC(=O)N(c3ccc(C)cc3[N+](=O)[O-])C2=O)cc1. The Labute approximate surface area is 149 Å². The fourth-order valence-corrected chi connectivity index (χ4v) is 2.86. The third-order valence-electron chi connectivity index (χ3n) is 4.15. The summed E-state index contributed by atoms with van der Waals surface area (Å²) in [6.45, 7) is 1.71. The molecule has 1 saturated heterocycles. The predicted octanol–water partition coefficient (Wildman–Crippen LogP) is 2.66. The zero-order valence-corrected chi connectivity index (χ0v) is 14.3. The Hall–Kier alpha value is -3.42. The van der Waals surface area contributed by atoms with Crippen molar-refractivity contribution in [3.05, 3.63) is 58.1 Å². The van der Waals surface area contributed by atoms with Crippen molar-refractivity contribution in [3.8, 4) is 5.75 Å². The standard InChI is InChI=1S/C18H17N3O5/c1-11-3-8-15(16(9-11)21(24)25)20-17(22)10-14(18(20)23)19-12-4-6-13(26-2)7-5-12/h3-9,14,19H,10H2,1-2H3. The molecule has 0 aliphatic carbocycles. The number of ether oxygens (including phenoxy) is 1. The van der Waals surface area contributed by atoms with E-state index in [4.69, 9.17) is 4.74 Å². The van der Waals surface area contributed by atoms with Gasteiger partial charge in [-0.1, -0.05) is 6.07 Å². The molecule has 0 spiro atoms. The second kappa shape index (κ2) is 6.83. The number of anilines is 2. The number of benzene rings is 2. The number of hydrogen-bond donors (Lipinski definition) is 1. The molecule has 1 atom stereocenters. The molecule has 1 N–H and O–H groups in total. The summed E-state index contributed by atoms with van der Waals surface area (Å²) in [4.78, 5) is 36.7. The van der Waals surface area contributed by atoms with Crippen molar-refractivity contribution in [2.24, 2.45) is 0 Å². The van der Waals surface area contributed by atoms with Crippen LogP contribution in [0.4, 0.5) is 17.1 Å². The van der Waals surface area contributed by atoms with Crippen molar-refractivity contribution in [2.45, 2.75) is 19.4 Å². The van der Waals surface area contributed by atoms with Gasteiger partial charge in [0.1, 0.15) is 17.5 Å². The summed E-state index contributed by atoms with van der Waals surface area (Å²) in [6, 6.07) is 10.5. The van der Waals surface area contributed by atoms with Gasteiger partial charge >= 0.3 is 0 Å². The molecule has 2 amide bonds. The molecule has 8 nitrogen and oxygen atoms in total. The molecule has 2 aromatic carbocycles. The molecular weight excluding hydrogens is 338 g/mol. The molecule has 134 valence electrons. The number of aryl methyl sites for hydroxylation is 1. The van der Waals surface area contributed by atoms with Crippen LogP contribution in [0.5, 0.6) is 5.75 Å². The van der Waals surface area contributed by atoms with Gasteiger partial charge in [-0.3, -0.25) is 19.7 Å². The van der Waals surface area contributed by atoms with E-state index in [1.165, 1.54) is 12.1 Å². The Morgan fingerprint density at radius 2 is 1.88 bits per heavy atom. The van der Waals surface area contributed by atoms with Gasteiger partial charge in [-0.15, -0.1) is 0 Å². The zero-order valence-electron chi connectivity index (χ0n) is 14.3. The van der Waals surface area contributed by atoms with Crippen molar-refractivity contribution >= 4 is 28.9 Å². The van der Waals surface area contributed by atoms with Gasteiger partial charge in [0.2, 0.25) is 5.91 Å². The number of amides is 2. The average Bonchev–Trinajstić information content (AvgIpc) is 2.89. The number of nitro groups is 1. The molecule has 0 bridgehead atoms. The number of nitro benzene ring substituents is 1. The number of nitrogens with one attached hydrogen (secondary N) is 1. The highest BCUT2D eigenvalue weighted by atomic mass is 16.6. The summed E-state index contributed by atoms with van der Waals surface area (Å²) >= 11 is 0. The summed E-state index contributed by atoms with van der Waals surface area (Å²) in [7, 11) is 1.55. The Morgan fingerprint density at radius 1 is 1.19 bits per heavy atom. The van der Waals surface area contributed by atoms with Gasteiger partial charge in [0.15, 0.2) is 0 Å². The highest BCUT2D eigenvalue weighted by Gasteiger charge is 2.42. The summed E-state index contributed by atoms with van der Waals surface area (Å²) in [5, 5.41) is 14.3. The molecule has 1 heterocycles. The molecule has 3 rings (SSSR count). The molecule has 1 aliphatic heterocycles. The summed E-state index contributed by atoms with van der Waals surface area (Å²) in [5.74, 6) is -0.327. The first kappa shape index (κ1) is 17.4. The van der Waals surface area contributed by atoms with Gasteiger partial charge in [0.25, 0.3) is 11.6 Å². The number of imide groups is 1. The number of nitrogens with zero attached hydrogens (tertiary/aromatic N) is 2. The number of hydrogen-bond acceptors (Lipinski definition) is 6. The highest BCUT2D eigenvalue weighted by molar-refractivity contribution is 6.24. The van der Waals surface area contributed by atoms with E-state index in [0.29, 0.717) is 17.0 Å². The first-order chi connectivity index (χ1) is 12.4. The zero-order chi connectivity index (χ0) is 18.8. The minimum absolute atomic E-state index is 0.00497. The number of carbonyl (C=O) groups is 2. The third kappa shape index (κ3) is 3.21. The van der Waals surface area contributed by atoms with E-state index < -0.39 is 22.8 Å². The molecule has 0 radical (unpaired) electrons. The summed E-state index contributed by atoms with van der Waals surface area (Å²) < 4.78 is 5.08. The molecule has 8 heteroatoms. The molecule has 26 heavy (non-hydrogen) atoms. The van der Waals surface area contributed by atoms with E-state index in [9.17, 15) is 19.7 Å². The lowest BCUT2D eigenvalue weighted by Crippen LogP contribution is -2.35. The quantitative estimate of drug-likeness (QED) is 0.503. The normalized spacial score (nSPS) is 16.7. The van der Waals surface area contributed by atoms with Gasteiger partial charge in [0, 0.05) is 11.8 Å². The van der Waals surface area contributed by atoms with Gasteiger partial charge in [0.05, 0.1) is 18.5 Å². The van der Waals surface area contributed by atoms with E-state index in [-0.39, 0.29) is 17.8 Å². The Bertz CT molecular complexity index is 879. The number of carbonyl (C=O) groups excluding carboxylic acids is 2. The second-order valence-electron chi connectivity index (χ2n) is 5.95. The van der Waals surface area contributed by atoms with Crippen molar-refractivity contribution in [1.29, 1.82) is 0 Å². The largest absolute Gasteiger partial charge is 0.497 e. The third-order valence-corrected chi connectivity index (χ3v) is 4.15. The Balaban J connectivity index is 1.86. The van der Waals surface area contributed by atoms with Crippen LogP contribution < -0.4 is 15.0 Å². The minimum atomic E-state index is -0.781. The van der Waals surface area contributed by atoms with E-state index >= 15 is 0 Å². The van der Waals surface area contributed by atoms with Crippen molar-refractivity contribution in [1.82, 2.24) is 0 Å². The molecule has 2 aromatic rings. The first-order valence-corrected chi connectivity index (χ1v) is 7.93.